The van der Waals surface area contributed by atoms with E-state index in [4.69, 9.17) is 9.47 Å². The lowest BCUT2D eigenvalue weighted by Crippen LogP contribution is -2.18. The zero-order chi connectivity index (χ0) is 18.8. The molecule has 8 heteroatoms. The molecule has 138 valence electrons. The molecule has 0 spiro atoms. The summed E-state index contributed by atoms with van der Waals surface area (Å²) >= 11 is 5.05. The summed E-state index contributed by atoms with van der Waals surface area (Å²) in [7, 11) is 1.64. The summed E-state index contributed by atoms with van der Waals surface area (Å²) in [5, 5.41) is 12.6. The molecule has 0 radical (unpaired) electrons. The zero-order valence-electron chi connectivity index (χ0n) is 14.8. The predicted molar refractivity (Wildman–Crippen MR) is 109 cm³/mol. The molecule has 0 saturated carbocycles. The van der Waals surface area contributed by atoms with E-state index >= 15 is 0 Å². The normalized spacial score (nSPS) is 15.0. The molecule has 6 nitrogen and oxygen atoms in total. The number of fused-ring (bicyclic) bond motifs is 3. The second kappa shape index (κ2) is 7.74. The van der Waals surface area contributed by atoms with Crippen molar-refractivity contribution in [2.45, 2.75) is 18.3 Å². The van der Waals surface area contributed by atoms with E-state index in [0.717, 1.165) is 32.8 Å². The Hall–Kier alpha value is -2.32. The van der Waals surface area contributed by atoms with Crippen LogP contribution in [-0.2, 0) is 0 Å². The Kier molecular flexibility index (Phi) is 5.18. The van der Waals surface area contributed by atoms with Gasteiger partial charge in [-0.25, -0.2) is 0 Å². The van der Waals surface area contributed by atoms with Gasteiger partial charge in [0, 0.05) is 15.7 Å². The molecule has 0 saturated heterocycles. The van der Waals surface area contributed by atoms with Crippen LogP contribution in [-0.4, -0.2) is 28.0 Å². The van der Waals surface area contributed by atoms with Gasteiger partial charge in [0.25, 0.3) is 0 Å². The van der Waals surface area contributed by atoms with Crippen molar-refractivity contribution in [2.75, 3.05) is 18.2 Å². The van der Waals surface area contributed by atoms with Crippen LogP contribution in [0.2, 0.25) is 0 Å². The topological polar surface area (TPSA) is 69.2 Å². The minimum Gasteiger partial charge on any atom is -0.496 e. The van der Waals surface area contributed by atoms with Crippen molar-refractivity contribution >= 4 is 33.4 Å². The van der Waals surface area contributed by atoms with Crippen LogP contribution < -0.4 is 14.8 Å². The summed E-state index contributed by atoms with van der Waals surface area (Å²) < 4.78 is 12.7. The van der Waals surface area contributed by atoms with Crippen LogP contribution in [0.1, 0.15) is 18.7 Å². The fourth-order valence-corrected chi connectivity index (χ4v) is 3.77. The van der Waals surface area contributed by atoms with Gasteiger partial charge in [-0.2, -0.15) is 4.98 Å². The number of benzene rings is 2. The summed E-state index contributed by atoms with van der Waals surface area (Å²) in [6, 6.07) is 13.7. The van der Waals surface area contributed by atoms with Crippen molar-refractivity contribution in [3.63, 3.8) is 0 Å². The average molecular weight is 445 g/mol. The van der Waals surface area contributed by atoms with Crippen LogP contribution in [0.3, 0.4) is 0 Å². The molecule has 1 atom stereocenters. The first-order valence-electron chi connectivity index (χ1n) is 8.43. The largest absolute Gasteiger partial charge is 0.496 e. The maximum atomic E-state index is 6.27. The van der Waals surface area contributed by atoms with Crippen molar-refractivity contribution in [2.24, 2.45) is 0 Å². The average Bonchev–Trinajstić information content (AvgIpc) is 2.84. The number of halogens is 1. The van der Waals surface area contributed by atoms with Crippen molar-refractivity contribution in [1.82, 2.24) is 15.2 Å². The molecule has 1 N–H and O–H groups in total. The summed E-state index contributed by atoms with van der Waals surface area (Å²) in [6.45, 7) is 2.05. The van der Waals surface area contributed by atoms with Crippen LogP contribution in [0.15, 0.2) is 52.1 Å². The first kappa shape index (κ1) is 18.1. The lowest BCUT2D eigenvalue weighted by molar-refractivity contribution is 0.219. The third-order valence-corrected chi connectivity index (χ3v) is 5.29. The Morgan fingerprint density at radius 2 is 2.07 bits per heavy atom. The quantitative estimate of drug-likeness (QED) is 0.572. The number of hydrogen-bond acceptors (Lipinski definition) is 7. The highest BCUT2D eigenvalue weighted by Gasteiger charge is 2.27. The van der Waals surface area contributed by atoms with E-state index in [2.05, 4.69) is 36.4 Å². The predicted octanol–water partition coefficient (Wildman–Crippen LogP) is 4.92. The van der Waals surface area contributed by atoms with Gasteiger partial charge in [-0.3, -0.25) is 0 Å². The fourth-order valence-electron chi connectivity index (χ4n) is 2.89. The molecule has 1 aliphatic heterocycles. The molecule has 0 fully saturated rings. The summed E-state index contributed by atoms with van der Waals surface area (Å²) in [5.74, 6) is 2.03. The highest BCUT2D eigenvalue weighted by Crippen LogP contribution is 2.41. The zero-order valence-corrected chi connectivity index (χ0v) is 17.2. The Morgan fingerprint density at radius 1 is 1.22 bits per heavy atom. The number of nitrogens with one attached hydrogen (secondary N) is 1. The minimum atomic E-state index is -0.490. The number of anilines is 1. The summed E-state index contributed by atoms with van der Waals surface area (Å²) in [4.78, 5) is 4.59. The number of nitrogens with zero attached hydrogens (tertiary/aromatic N) is 3. The third-order valence-electron chi connectivity index (χ3n) is 4.08. The van der Waals surface area contributed by atoms with Crippen LogP contribution in [0.5, 0.6) is 11.6 Å². The number of rotatable bonds is 4. The Labute approximate surface area is 169 Å². The van der Waals surface area contributed by atoms with Crippen LogP contribution >= 0.6 is 27.7 Å². The minimum absolute atomic E-state index is 0.449. The van der Waals surface area contributed by atoms with Gasteiger partial charge < -0.3 is 14.8 Å². The van der Waals surface area contributed by atoms with Crippen LogP contribution in [0.25, 0.3) is 11.3 Å². The smallest absolute Gasteiger partial charge is 0.247 e. The van der Waals surface area contributed by atoms with Gasteiger partial charge in [0.15, 0.2) is 5.69 Å². The van der Waals surface area contributed by atoms with Gasteiger partial charge >= 0.3 is 0 Å². The molecular formula is C19H17BrN4O2S. The lowest BCUT2D eigenvalue weighted by atomic mass is 10.1. The van der Waals surface area contributed by atoms with Gasteiger partial charge in [-0.15, -0.1) is 10.2 Å². The monoisotopic (exact) mass is 444 g/mol. The molecule has 2 heterocycles. The molecule has 0 aliphatic carbocycles. The van der Waals surface area contributed by atoms with Crippen LogP contribution in [0, 0.1) is 0 Å². The van der Waals surface area contributed by atoms with E-state index in [1.54, 1.807) is 7.11 Å². The van der Waals surface area contributed by atoms with E-state index in [-0.39, 0.29) is 0 Å². The SMILES string of the molecule is CCSc1nnc2c(n1)O[C@H](c1cc(Br)ccc1OC)Nc1ccccc1-2. The lowest BCUT2D eigenvalue weighted by Gasteiger charge is -2.21. The van der Waals surface area contributed by atoms with Gasteiger partial charge in [0.2, 0.25) is 17.3 Å². The van der Waals surface area contributed by atoms with Gasteiger partial charge in [-0.1, -0.05) is 52.8 Å². The van der Waals surface area contributed by atoms with E-state index in [0.29, 0.717) is 16.7 Å². The first-order chi connectivity index (χ1) is 13.2. The molecule has 0 bridgehead atoms. The second-order valence-electron chi connectivity index (χ2n) is 5.76. The molecule has 27 heavy (non-hydrogen) atoms. The molecule has 3 aromatic rings. The Bertz CT molecular complexity index is 986. The summed E-state index contributed by atoms with van der Waals surface area (Å²) in [5.41, 5.74) is 3.28. The Balaban J connectivity index is 1.86. The van der Waals surface area contributed by atoms with Crippen molar-refractivity contribution in [3.8, 4) is 22.9 Å². The number of para-hydroxylation sites is 1. The van der Waals surface area contributed by atoms with Gasteiger partial charge in [0.1, 0.15) is 5.75 Å². The van der Waals surface area contributed by atoms with Gasteiger partial charge in [-0.05, 0) is 30.0 Å². The number of methoxy groups -OCH3 is 1. The summed E-state index contributed by atoms with van der Waals surface area (Å²) in [6.07, 6.45) is -0.490. The van der Waals surface area contributed by atoms with E-state index in [9.17, 15) is 0 Å². The second-order valence-corrected chi connectivity index (χ2v) is 7.90. The molecular weight excluding hydrogens is 428 g/mol. The van der Waals surface area contributed by atoms with E-state index in [1.807, 2.05) is 49.4 Å². The maximum absolute atomic E-state index is 6.27. The van der Waals surface area contributed by atoms with Crippen LogP contribution in [0.4, 0.5) is 5.69 Å². The van der Waals surface area contributed by atoms with Crippen molar-refractivity contribution < 1.29 is 9.47 Å². The third kappa shape index (κ3) is 3.59. The van der Waals surface area contributed by atoms with E-state index in [1.165, 1.54) is 11.8 Å². The molecule has 2 aromatic carbocycles. The molecule has 4 rings (SSSR count). The maximum Gasteiger partial charge on any atom is 0.247 e. The first-order valence-corrected chi connectivity index (χ1v) is 10.2. The van der Waals surface area contributed by atoms with Gasteiger partial charge in [0.05, 0.1) is 12.7 Å². The van der Waals surface area contributed by atoms with Crippen molar-refractivity contribution in [1.29, 1.82) is 0 Å². The standard InChI is InChI=1S/C19H17BrN4O2S/c1-3-27-19-22-18-16(23-24-19)12-6-4-5-7-14(12)21-17(26-18)13-10-11(20)8-9-15(13)25-2/h4-10,17,21H,3H2,1-2H3/t17-/m1/s1. The number of thioether (sulfide) groups is 1. The molecule has 1 aromatic heterocycles. The molecule has 1 aliphatic rings. The highest BCUT2D eigenvalue weighted by atomic mass is 79.9. The molecule has 0 amide bonds. The number of ether oxygens (including phenoxy) is 2. The number of aromatic nitrogens is 3. The van der Waals surface area contributed by atoms with Crippen molar-refractivity contribution in [3.05, 3.63) is 52.5 Å². The molecule has 0 unspecified atom stereocenters. The number of hydrogen-bond donors (Lipinski definition) is 1. The highest BCUT2D eigenvalue weighted by molar-refractivity contribution is 9.10. The fraction of sp³-hybridized carbons (Fsp3) is 0.211. The van der Waals surface area contributed by atoms with E-state index < -0.39 is 6.23 Å². The Morgan fingerprint density at radius 3 is 2.89 bits per heavy atom.